The van der Waals surface area contributed by atoms with E-state index in [9.17, 15) is 5.11 Å². The molecule has 1 aliphatic rings. The molecule has 1 atom stereocenters. The van der Waals surface area contributed by atoms with Gasteiger partial charge in [0.25, 0.3) is 0 Å². The Labute approximate surface area is 88.4 Å². The number of phenols is 1. The molecule has 0 spiro atoms. The normalized spacial score (nSPS) is 20.2. The van der Waals surface area contributed by atoms with Crippen molar-refractivity contribution in [1.82, 2.24) is 0 Å². The van der Waals surface area contributed by atoms with Crippen LogP contribution in [0.5, 0.6) is 17.2 Å². The predicted molar refractivity (Wildman–Crippen MR) is 54.5 cm³/mol. The Balaban J connectivity index is 2.09. The Hall–Kier alpha value is -1.42. The highest BCUT2D eigenvalue weighted by atomic mass is 16.5. The van der Waals surface area contributed by atoms with Crippen molar-refractivity contribution in [3.05, 3.63) is 18.2 Å². The zero-order chi connectivity index (χ0) is 10.7. The average Bonchev–Trinajstić information content (AvgIpc) is 2.69. The molecular weight excluding hydrogens is 196 g/mol. The Kier molecular flexibility index (Phi) is 2.97. The van der Waals surface area contributed by atoms with Gasteiger partial charge in [-0.15, -0.1) is 0 Å². The van der Waals surface area contributed by atoms with E-state index in [1.807, 2.05) is 0 Å². The zero-order valence-electron chi connectivity index (χ0n) is 8.60. The zero-order valence-corrected chi connectivity index (χ0v) is 8.60. The first-order valence-electron chi connectivity index (χ1n) is 4.90. The SMILES string of the molecule is COc1cc(O)cc(OC2CCOC2)c1. The van der Waals surface area contributed by atoms with Gasteiger partial charge in [-0.25, -0.2) is 0 Å². The molecule has 0 aromatic heterocycles. The van der Waals surface area contributed by atoms with Gasteiger partial charge in [0.05, 0.1) is 20.3 Å². The molecule has 4 nitrogen and oxygen atoms in total. The molecule has 1 heterocycles. The molecule has 1 aliphatic heterocycles. The Morgan fingerprint density at radius 3 is 2.80 bits per heavy atom. The number of methoxy groups -OCH3 is 1. The van der Waals surface area contributed by atoms with Crippen LogP contribution in [0.25, 0.3) is 0 Å². The van der Waals surface area contributed by atoms with E-state index in [1.165, 1.54) is 6.07 Å². The van der Waals surface area contributed by atoms with E-state index in [1.54, 1.807) is 19.2 Å². The molecule has 0 saturated carbocycles. The summed E-state index contributed by atoms with van der Waals surface area (Å²) < 4.78 is 15.9. The average molecular weight is 210 g/mol. The third-order valence-electron chi connectivity index (χ3n) is 2.29. The smallest absolute Gasteiger partial charge is 0.127 e. The molecule has 0 radical (unpaired) electrons. The largest absolute Gasteiger partial charge is 0.508 e. The summed E-state index contributed by atoms with van der Waals surface area (Å²) in [6.45, 7) is 1.35. The van der Waals surface area contributed by atoms with Crippen LogP contribution in [0.3, 0.4) is 0 Å². The molecule has 0 aliphatic carbocycles. The van der Waals surface area contributed by atoms with Crippen LogP contribution in [0.15, 0.2) is 18.2 Å². The maximum absolute atomic E-state index is 9.41. The van der Waals surface area contributed by atoms with E-state index in [0.29, 0.717) is 18.1 Å². The summed E-state index contributed by atoms with van der Waals surface area (Å²) in [5.41, 5.74) is 0. The van der Waals surface area contributed by atoms with Crippen LogP contribution in [0.4, 0.5) is 0 Å². The van der Waals surface area contributed by atoms with Crippen molar-refractivity contribution >= 4 is 0 Å². The number of hydrogen-bond donors (Lipinski definition) is 1. The lowest BCUT2D eigenvalue weighted by Crippen LogP contribution is -2.15. The van der Waals surface area contributed by atoms with Crippen LogP contribution in [0, 0.1) is 0 Å². The topological polar surface area (TPSA) is 47.9 Å². The summed E-state index contributed by atoms with van der Waals surface area (Å²) in [4.78, 5) is 0. The summed E-state index contributed by atoms with van der Waals surface area (Å²) in [6, 6.07) is 4.86. The van der Waals surface area contributed by atoms with Crippen LogP contribution < -0.4 is 9.47 Å². The molecule has 1 unspecified atom stereocenters. The predicted octanol–water partition coefficient (Wildman–Crippen LogP) is 1.57. The van der Waals surface area contributed by atoms with Crippen molar-refractivity contribution < 1.29 is 19.3 Å². The first-order valence-corrected chi connectivity index (χ1v) is 4.90. The summed E-state index contributed by atoms with van der Waals surface area (Å²) in [7, 11) is 1.55. The standard InChI is InChI=1S/C11H14O4/c1-13-10-4-8(12)5-11(6-10)15-9-2-3-14-7-9/h4-6,9,12H,2-3,7H2,1H3. The van der Waals surface area contributed by atoms with E-state index in [2.05, 4.69) is 0 Å². The van der Waals surface area contributed by atoms with Gasteiger partial charge in [-0.3, -0.25) is 0 Å². The first kappa shape index (κ1) is 10.1. The van der Waals surface area contributed by atoms with E-state index in [4.69, 9.17) is 14.2 Å². The molecule has 1 saturated heterocycles. The summed E-state index contributed by atoms with van der Waals surface area (Å²) in [6.07, 6.45) is 0.967. The second-order valence-corrected chi connectivity index (χ2v) is 3.47. The third kappa shape index (κ3) is 2.53. The van der Waals surface area contributed by atoms with Gasteiger partial charge < -0.3 is 19.3 Å². The van der Waals surface area contributed by atoms with Crippen LogP contribution in [-0.2, 0) is 4.74 Å². The van der Waals surface area contributed by atoms with Crippen LogP contribution in [0.1, 0.15) is 6.42 Å². The molecule has 15 heavy (non-hydrogen) atoms. The van der Waals surface area contributed by atoms with Gasteiger partial charge in [0.15, 0.2) is 0 Å². The van der Waals surface area contributed by atoms with E-state index < -0.39 is 0 Å². The van der Waals surface area contributed by atoms with Gasteiger partial charge in [-0.2, -0.15) is 0 Å². The highest BCUT2D eigenvalue weighted by molar-refractivity contribution is 5.41. The van der Waals surface area contributed by atoms with E-state index >= 15 is 0 Å². The summed E-state index contributed by atoms with van der Waals surface area (Å²) in [5, 5.41) is 9.41. The van der Waals surface area contributed by atoms with Gasteiger partial charge in [0, 0.05) is 24.6 Å². The highest BCUT2D eigenvalue weighted by Crippen LogP contribution is 2.28. The highest BCUT2D eigenvalue weighted by Gasteiger charge is 2.17. The molecule has 2 rings (SSSR count). The maximum Gasteiger partial charge on any atom is 0.127 e. The number of aromatic hydroxyl groups is 1. The Morgan fingerprint density at radius 2 is 2.13 bits per heavy atom. The molecule has 1 aromatic carbocycles. The number of rotatable bonds is 3. The number of ether oxygens (including phenoxy) is 3. The van der Waals surface area contributed by atoms with Gasteiger partial charge in [0.1, 0.15) is 23.4 Å². The maximum atomic E-state index is 9.41. The Bertz CT molecular complexity index is 331. The minimum absolute atomic E-state index is 0.0801. The van der Waals surface area contributed by atoms with Gasteiger partial charge in [-0.1, -0.05) is 0 Å². The quantitative estimate of drug-likeness (QED) is 0.822. The lowest BCUT2D eigenvalue weighted by atomic mass is 10.3. The lowest BCUT2D eigenvalue weighted by Gasteiger charge is -2.12. The molecule has 0 bridgehead atoms. The molecule has 4 heteroatoms. The lowest BCUT2D eigenvalue weighted by molar-refractivity contribution is 0.141. The van der Waals surface area contributed by atoms with Crippen molar-refractivity contribution in [3.63, 3.8) is 0 Å². The molecule has 82 valence electrons. The summed E-state index contributed by atoms with van der Waals surface area (Å²) >= 11 is 0. The van der Waals surface area contributed by atoms with Crippen molar-refractivity contribution in [1.29, 1.82) is 0 Å². The van der Waals surface area contributed by atoms with Crippen molar-refractivity contribution in [2.45, 2.75) is 12.5 Å². The number of hydrogen-bond acceptors (Lipinski definition) is 4. The van der Waals surface area contributed by atoms with Gasteiger partial charge in [0.2, 0.25) is 0 Å². The minimum atomic E-state index is 0.0801. The molecule has 1 fully saturated rings. The van der Waals surface area contributed by atoms with Crippen LogP contribution in [0.2, 0.25) is 0 Å². The first-order chi connectivity index (χ1) is 7.28. The van der Waals surface area contributed by atoms with Crippen LogP contribution in [-0.4, -0.2) is 31.5 Å². The Morgan fingerprint density at radius 1 is 1.33 bits per heavy atom. The van der Waals surface area contributed by atoms with Crippen molar-refractivity contribution in [2.24, 2.45) is 0 Å². The second kappa shape index (κ2) is 4.40. The fourth-order valence-corrected chi connectivity index (χ4v) is 1.54. The summed E-state index contributed by atoms with van der Waals surface area (Å²) in [5.74, 6) is 1.34. The monoisotopic (exact) mass is 210 g/mol. The fraction of sp³-hybridized carbons (Fsp3) is 0.455. The van der Waals surface area contributed by atoms with Crippen molar-refractivity contribution in [3.8, 4) is 17.2 Å². The van der Waals surface area contributed by atoms with Gasteiger partial charge >= 0.3 is 0 Å². The fourth-order valence-electron chi connectivity index (χ4n) is 1.54. The molecule has 1 aromatic rings. The minimum Gasteiger partial charge on any atom is -0.508 e. The van der Waals surface area contributed by atoms with Crippen molar-refractivity contribution in [2.75, 3.05) is 20.3 Å². The second-order valence-electron chi connectivity index (χ2n) is 3.47. The number of phenolic OH excluding ortho intramolecular Hbond substituents is 1. The third-order valence-corrected chi connectivity index (χ3v) is 2.29. The van der Waals surface area contributed by atoms with E-state index in [0.717, 1.165) is 13.0 Å². The molecule has 1 N–H and O–H groups in total. The van der Waals surface area contributed by atoms with Crippen LogP contribution >= 0.6 is 0 Å². The number of benzene rings is 1. The molecular formula is C11H14O4. The van der Waals surface area contributed by atoms with Gasteiger partial charge in [-0.05, 0) is 0 Å². The van der Waals surface area contributed by atoms with E-state index in [-0.39, 0.29) is 11.9 Å². The molecule has 0 amide bonds.